The van der Waals surface area contributed by atoms with Crippen molar-refractivity contribution >= 4 is 21.8 Å². The van der Waals surface area contributed by atoms with Crippen LogP contribution < -0.4 is 0 Å². The molecule has 6 aromatic rings. The molecule has 0 aliphatic rings. The number of hydrogen-bond donors (Lipinski definition) is 2. The first-order valence-electron chi connectivity index (χ1n) is 10.6. The summed E-state index contributed by atoms with van der Waals surface area (Å²) in [6.07, 6.45) is 0. The summed E-state index contributed by atoms with van der Waals surface area (Å²) in [5.41, 5.74) is 7.26. The van der Waals surface area contributed by atoms with Crippen molar-refractivity contribution in [1.29, 1.82) is 0 Å². The number of fused-ring (bicyclic) bond motifs is 2. The average Bonchev–Trinajstić information content (AvgIpc) is 3.28. The van der Waals surface area contributed by atoms with E-state index in [-0.39, 0.29) is 5.75 Å². The fourth-order valence-corrected chi connectivity index (χ4v) is 4.40. The molecule has 3 heteroatoms. The van der Waals surface area contributed by atoms with Gasteiger partial charge in [0, 0.05) is 10.9 Å². The smallest absolute Gasteiger partial charge is 0.139 e. The molecule has 0 fully saturated rings. The predicted octanol–water partition coefficient (Wildman–Crippen LogP) is 7.42. The summed E-state index contributed by atoms with van der Waals surface area (Å²) < 4.78 is 0. The molecule has 152 valence electrons. The molecule has 6 rings (SSSR count). The molecule has 0 radical (unpaired) electrons. The Kier molecular flexibility index (Phi) is 4.25. The normalized spacial score (nSPS) is 11.2. The van der Waals surface area contributed by atoms with Crippen LogP contribution in [0.5, 0.6) is 5.75 Å². The van der Waals surface area contributed by atoms with E-state index in [1.165, 1.54) is 5.56 Å². The van der Waals surface area contributed by atoms with Crippen molar-refractivity contribution in [3.63, 3.8) is 0 Å². The highest BCUT2D eigenvalue weighted by atomic mass is 16.3. The monoisotopic (exact) mass is 412 g/mol. The lowest BCUT2D eigenvalue weighted by atomic mass is 9.95. The van der Waals surface area contributed by atoms with Gasteiger partial charge in [0.25, 0.3) is 0 Å². The summed E-state index contributed by atoms with van der Waals surface area (Å²) in [6, 6.07) is 36.6. The lowest BCUT2D eigenvalue weighted by Gasteiger charge is -2.11. The third-order valence-electron chi connectivity index (χ3n) is 5.95. The van der Waals surface area contributed by atoms with Crippen LogP contribution in [0.3, 0.4) is 0 Å². The van der Waals surface area contributed by atoms with Crippen molar-refractivity contribution < 1.29 is 5.11 Å². The van der Waals surface area contributed by atoms with Crippen LogP contribution in [-0.2, 0) is 0 Å². The molecule has 0 amide bonds. The molecule has 2 N–H and O–H groups in total. The maximum Gasteiger partial charge on any atom is 0.139 e. The summed E-state index contributed by atoms with van der Waals surface area (Å²) in [5, 5.41) is 12.6. The maximum atomic E-state index is 10.8. The largest absolute Gasteiger partial charge is 0.507 e. The molecule has 0 aliphatic carbocycles. The zero-order chi connectivity index (χ0) is 21.5. The molecule has 1 aromatic heterocycles. The van der Waals surface area contributed by atoms with Crippen molar-refractivity contribution in [2.75, 3.05) is 0 Å². The van der Waals surface area contributed by atoms with Crippen LogP contribution in [0.25, 0.3) is 55.4 Å². The van der Waals surface area contributed by atoms with E-state index < -0.39 is 0 Å². The van der Waals surface area contributed by atoms with Crippen LogP contribution in [0.4, 0.5) is 0 Å². The van der Waals surface area contributed by atoms with E-state index in [0.29, 0.717) is 0 Å². The van der Waals surface area contributed by atoms with Gasteiger partial charge >= 0.3 is 0 Å². The Hall–Kier alpha value is -4.37. The first kappa shape index (κ1) is 18.4. The van der Waals surface area contributed by atoms with E-state index in [1.807, 2.05) is 60.7 Å². The van der Waals surface area contributed by atoms with Crippen molar-refractivity contribution in [3.05, 3.63) is 109 Å². The van der Waals surface area contributed by atoms with E-state index in [4.69, 9.17) is 4.98 Å². The number of nitrogens with one attached hydrogen (secondary N) is 1. The lowest BCUT2D eigenvalue weighted by Crippen LogP contribution is -1.87. The molecule has 3 nitrogen and oxygen atoms in total. The number of benzene rings is 5. The molecule has 0 bridgehead atoms. The van der Waals surface area contributed by atoms with Crippen molar-refractivity contribution in [2.24, 2.45) is 0 Å². The number of hydrogen-bond acceptors (Lipinski definition) is 2. The Morgan fingerprint density at radius 2 is 1.34 bits per heavy atom. The number of aromatic amines is 1. The number of aromatic nitrogens is 2. The summed E-state index contributed by atoms with van der Waals surface area (Å²) >= 11 is 0. The SMILES string of the molecule is Oc1ccc(-c2ccccc2)c2cccc(-c3nc4ccc(-c5ccccc5)cc4[nH]3)c12. The average molecular weight is 412 g/mol. The molecular weight excluding hydrogens is 392 g/mol. The van der Waals surface area contributed by atoms with Gasteiger partial charge in [-0.25, -0.2) is 4.98 Å². The molecule has 1 heterocycles. The summed E-state index contributed by atoms with van der Waals surface area (Å²) in [6.45, 7) is 0. The molecule has 32 heavy (non-hydrogen) atoms. The molecule has 0 saturated heterocycles. The van der Waals surface area contributed by atoms with Gasteiger partial charge in [0.05, 0.1) is 11.0 Å². The minimum atomic E-state index is 0.251. The van der Waals surface area contributed by atoms with Gasteiger partial charge < -0.3 is 10.1 Å². The Morgan fingerprint density at radius 1 is 0.594 bits per heavy atom. The number of aromatic hydroxyl groups is 1. The molecule has 0 aliphatic heterocycles. The fourth-order valence-electron chi connectivity index (χ4n) is 4.40. The topological polar surface area (TPSA) is 48.9 Å². The Bertz CT molecular complexity index is 1570. The number of rotatable bonds is 3. The minimum Gasteiger partial charge on any atom is -0.507 e. The Labute approximate surface area is 185 Å². The Morgan fingerprint density at radius 3 is 2.12 bits per heavy atom. The quantitative estimate of drug-likeness (QED) is 0.318. The summed E-state index contributed by atoms with van der Waals surface area (Å²) in [7, 11) is 0. The van der Waals surface area contributed by atoms with Gasteiger partial charge in [0.2, 0.25) is 0 Å². The molecule has 0 spiro atoms. The van der Waals surface area contributed by atoms with E-state index in [1.54, 1.807) is 6.07 Å². The molecule has 0 atom stereocenters. The number of H-pyrrole nitrogens is 1. The second-order valence-electron chi connectivity index (χ2n) is 7.91. The maximum absolute atomic E-state index is 10.8. The van der Waals surface area contributed by atoms with E-state index in [9.17, 15) is 5.11 Å². The standard InChI is InChI=1S/C29H20N2O/c32-27-17-15-22(20-10-5-2-6-11-20)23-12-7-13-24(28(23)27)29-30-25-16-14-21(18-26(25)31-29)19-8-3-1-4-9-19/h1-18,32H,(H,30,31). The van der Waals surface area contributed by atoms with Crippen LogP contribution in [0.2, 0.25) is 0 Å². The van der Waals surface area contributed by atoms with Gasteiger partial charge in [-0.15, -0.1) is 0 Å². The lowest BCUT2D eigenvalue weighted by molar-refractivity contribution is 0.482. The van der Waals surface area contributed by atoms with Crippen LogP contribution >= 0.6 is 0 Å². The predicted molar refractivity (Wildman–Crippen MR) is 132 cm³/mol. The summed E-state index contributed by atoms with van der Waals surface area (Å²) in [5.74, 6) is 0.997. The van der Waals surface area contributed by atoms with E-state index in [0.717, 1.165) is 49.9 Å². The van der Waals surface area contributed by atoms with Crippen molar-refractivity contribution in [3.8, 4) is 39.4 Å². The highest BCUT2D eigenvalue weighted by molar-refractivity contribution is 6.07. The third kappa shape index (κ3) is 3.03. The third-order valence-corrected chi connectivity index (χ3v) is 5.95. The van der Waals surface area contributed by atoms with E-state index in [2.05, 4.69) is 47.4 Å². The van der Waals surface area contributed by atoms with Crippen LogP contribution in [-0.4, -0.2) is 15.1 Å². The van der Waals surface area contributed by atoms with Crippen molar-refractivity contribution in [1.82, 2.24) is 9.97 Å². The number of nitrogens with zero attached hydrogens (tertiary/aromatic N) is 1. The number of imidazole rings is 1. The first-order chi connectivity index (χ1) is 15.8. The van der Waals surface area contributed by atoms with Crippen LogP contribution in [0.15, 0.2) is 109 Å². The number of phenolic OH excluding ortho intramolecular Hbond substituents is 1. The Balaban J connectivity index is 1.54. The fraction of sp³-hybridized carbons (Fsp3) is 0. The first-order valence-corrected chi connectivity index (χ1v) is 10.6. The highest BCUT2D eigenvalue weighted by Crippen LogP contribution is 2.39. The van der Waals surface area contributed by atoms with Gasteiger partial charge in [0.1, 0.15) is 11.6 Å². The van der Waals surface area contributed by atoms with Gasteiger partial charge in [-0.05, 0) is 45.8 Å². The number of phenols is 1. The second-order valence-corrected chi connectivity index (χ2v) is 7.91. The van der Waals surface area contributed by atoms with Crippen LogP contribution in [0, 0.1) is 0 Å². The zero-order valence-corrected chi connectivity index (χ0v) is 17.3. The van der Waals surface area contributed by atoms with Gasteiger partial charge in [0.15, 0.2) is 0 Å². The molecule has 0 unspecified atom stereocenters. The van der Waals surface area contributed by atoms with Gasteiger partial charge in [-0.3, -0.25) is 0 Å². The highest BCUT2D eigenvalue weighted by Gasteiger charge is 2.15. The molecule has 5 aromatic carbocycles. The van der Waals surface area contributed by atoms with Crippen LogP contribution in [0.1, 0.15) is 0 Å². The van der Waals surface area contributed by atoms with Gasteiger partial charge in [-0.1, -0.05) is 91.0 Å². The zero-order valence-electron chi connectivity index (χ0n) is 17.3. The second kappa shape index (κ2) is 7.40. The molecular formula is C29H20N2O. The van der Waals surface area contributed by atoms with Crippen molar-refractivity contribution in [2.45, 2.75) is 0 Å². The molecule has 0 saturated carbocycles. The minimum absolute atomic E-state index is 0.251. The van der Waals surface area contributed by atoms with E-state index >= 15 is 0 Å². The van der Waals surface area contributed by atoms with Gasteiger partial charge in [-0.2, -0.15) is 0 Å². The summed E-state index contributed by atoms with van der Waals surface area (Å²) in [4.78, 5) is 8.32.